The lowest BCUT2D eigenvalue weighted by atomic mass is 10.0. The molecule has 1 aliphatic heterocycles. The zero-order valence-corrected chi connectivity index (χ0v) is 6.99. The number of hydrogen-bond donors (Lipinski definition) is 1. The minimum atomic E-state index is -0.449. The molecule has 1 saturated heterocycles. The fourth-order valence-electron chi connectivity index (χ4n) is 1.75. The van der Waals surface area contributed by atoms with Crippen LogP contribution in [0.1, 0.15) is 13.3 Å². The van der Waals surface area contributed by atoms with Crippen molar-refractivity contribution in [1.82, 2.24) is 4.90 Å². The van der Waals surface area contributed by atoms with Crippen LogP contribution >= 0.6 is 0 Å². The fraction of sp³-hybridized carbons (Fsp3) is 0.875. The Morgan fingerprint density at radius 3 is 2.64 bits per heavy atom. The molecular weight excluding hydrogens is 140 g/mol. The van der Waals surface area contributed by atoms with Crippen molar-refractivity contribution in [2.75, 3.05) is 13.6 Å². The van der Waals surface area contributed by atoms with Gasteiger partial charge in [0, 0.05) is 12.6 Å². The topological polar surface area (TPSA) is 47.3 Å². The van der Waals surface area contributed by atoms with Crippen molar-refractivity contribution in [2.24, 2.45) is 5.92 Å². The predicted octanol–water partition coefficient (Wildman–Crippen LogP) is 0.211. The summed E-state index contributed by atoms with van der Waals surface area (Å²) in [6.07, 6.45) is 0.463. The molecule has 0 aliphatic carbocycles. The number of aliphatic hydroxyl groups is 1. The van der Waals surface area contributed by atoms with Gasteiger partial charge in [-0.3, -0.25) is 4.90 Å². The molecule has 0 aromatic carbocycles. The molecule has 1 fully saturated rings. The molecule has 3 unspecified atom stereocenters. The van der Waals surface area contributed by atoms with Gasteiger partial charge in [-0.05, 0) is 13.5 Å². The van der Waals surface area contributed by atoms with Crippen LogP contribution in [0.25, 0.3) is 0 Å². The lowest BCUT2D eigenvalue weighted by Gasteiger charge is -2.19. The molecule has 0 saturated carbocycles. The van der Waals surface area contributed by atoms with Crippen LogP contribution in [-0.2, 0) is 0 Å². The van der Waals surface area contributed by atoms with E-state index in [-0.39, 0.29) is 12.0 Å². The number of likely N-dealkylation sites (tertiary alicyclic amines) is 1. The Morgan fingerprint density at radius 1 is 1.73 bits per heavy atom. The first-order valence-electron chi connectivity index (χ1n) is 3.98. The molecule has 0 radical (unpaired) electrons. The Bertz CT molecular complexity index is 175. The highest BCUT2D eigenvalue weighted by molar-refractivity contribution is 5.01. The van der Waals surface area contributed by atoms with Crippen LogP contribution in [0.5, 0.6) is 0 Å². The van der Waals surface area contributed by atoms with Crippen LogP contribution in [-0.4, -0.2) is 35.7 Å². The maximum atomic E-state index is 9.55. The zero-order chi connectivity index (χ0) is 8.43. The minimum Gasteiger partial charge on any atom is -0.390 e. The first-order valence-corrected chi connectivity index (χ1v) is 3.98. The van der Waals surface area contributed by atoms with Crippen molar-refractivity contribution in [3.8, 4) is 6.07 Å². The Morgan fingerprint density at radius 2 is 2.36 bits per heavy atom. The van der Waals surface area contributed by atoms with Gasteiger partial charge in [0.15, 0.2) is 0 Å². The highest BCUT2D eigenvalue weighted by Crippen LogP contribution is 2.23. The minimum absolute atomic E-state index is 0.180. The van der Waals surface area contributed by atoms with Crippen molar-refractivity contribution >= 4 is 0 Å². The van der Waals surface area contributed by atoms with Crippen molar-refractivity contribution in [3.63, 3.8) is 0 Å². The van der Waals surface area contributed by atoms with Crippen LogP contribution in [0.3, 0.4) is 0 Å². The van der Waals surface area contributed by atoms with Gasteiger partial charge in [-0.2, -0.15) is 5.26 Å². The number of nitrogens with zero attached hydrogens (tertiary/aromatic N) is 2. The number of nitriles is 1. The average Bonchev–Trinajstić information content (AvgIpc) is 2.26. The van der Waals surface area contributed by atoms with Gasteiger partial charge in [0.2, 0.25) is 0 Å². The number of hydrogen-bond acceptors (Lipinski definition) is 3. The monoisotopic (exact) mass is 154 g/mol. The molecule has 0 aromatic heterocycles. The summed E-state index contributed by atoms with van der Waals surface area (Å²) in [5.74, 6) is -0.190. The van der Waals surface area contributed by atoms with E-state index >= 15 is 0 Å². The second-order valence-electron chi connectivity index (χ2n) is 3.14. The second-order valence-corrected chi connectivity index (χ2v) is 3.14. The third-order valence-electron chi connectivity index (χ3n) is 2.44. The third kappa shape index (κ3) is 1.37. The number of rotatable bonds is 1. The number of likely N-dealkylation sites (N-methyl/N-ethyl adjacent to an activating group) is 1. The molecule has 3 heteroatoms. The smallest absolute Gasteiger partial charge is 0.0865 e. The lowest BCUT2D eigenvalue weighted by molar-refractivity contribution is 0.111. The Labute approximate surface area is 67.2 Å². The summed E-state index contributed by atoms with van der Waals surface area (Å²) in [6, 6.07) is 2.30. The first-order chi connectivity index (χ1) is 5.20. The maximum absolute atomic E-state index is 9.55. The summed E-state index contributed by atoms with van der Waals surface area (Å²) in [4.78, 5) is 2.05. The molecule has 1 N–H and O–H groups in total. The van der Waals surface area contributed by atoms with E-state index in [0.717, 1.165) is 6.42 Å². The summed E-state index contributed by atoms with van der Waals surface area (Å²) in [6.45, 7) is 2.74. The molecule has 1 aliphatic rings. The summed E-state index contributed by atoms with van der Waals surface area (Å²) >= 11 is 0. The molecule has 3 nitrogen and oxygen atoms in total. The fourth-order valence-corrected chi connectivity index (χ4v) is 1.75. The Balaban J connectivity index is 2.64. The van der Waals surface area contributed by atoms with Crippen LogP contribution in [0, 0.1) is 17.2 Å². The largest absolute Gasteiger partial charge is 0.390 e. The molecule has 1 rings (SSSR count). The van der Waals surface area contributed by atoms with Crippen molar-refractivity contribution in [3.05, 3.63) is 0 Å². The van der Waals surface area contributed by atoms with Gasteiger partial charge in [0.25, 0.3) is 0 Å². The second kappa shape index (κ2) is 3.21. The van der Waals surface area contributed by atoms with Crippen molar-refractivity contribution < 1.29 is 5.11 Å². The summed E-state index contributed by atoms with van der Waals surface area (Å²) in [5.41, 5.74) is 0. The van der Waals surface area contributed by atoms with E-state index in [0.29, 0.717) is 6.54 Å². The van der Waals surface area contributed by atoms with Gasteiger partial charge >= 0.3 is 0 Å². The van der Waals surface area contributed by atoms with Gasteiger partial charge < -0.3 is 5.11 Å². The predicted molar refractivity (Wildman–Crippen MR) is 41.8 cm³/mol. The maximum Gasteiger partial charge on any atom is 0.0865 e. The summed E-state index contributed by atoms with van der Waals surface area (Å²) < 4.78 is 0. The van der Waals surface area contributed by atoms with Gasteiger partial charge in [-0.1, -0.05) is 6.92 Å². The Hall–Kier alpha value is -0.590. The quantitative estimate of drug-likeness (QED) is 0.587. The molecule has 11 heavy (non-hydrogen) atoms. The van der Waals surface area contributed by atoms with E-state index in [9.17, 15) is 5.11 Å². The van der Waals surface area contributed by atoms with Crippen LogP contribution in [0.15, 0.2) is 0 Å². The highest BCUT2D eigenvalue weighted by atomic mass is 16.3. The van der Waals surface area contributed by atoms with E-state index in [2.05, 4.69) is 11.0 Å². The zero-order valence-electron chi connectivity index (χ0n) is 6.99. The summed E-state index contributed by atoms with van der Waals surface area (Å²) in [5, 5.41) is 18.2. The van der Waals surface area contributed by atoms with Crippen LogP contribution < -0.4 is 0 Å². The molecule has 3 atom stereocenters. The molecule has 0 bridgehead atoms. The van der Waals surface area contributed by atoms with Crippen LogP contribution in [0.4, 0.5) is 0 Å². The molecule has 0 spiro atoms. The molecule has 0 amide bonds. The number of aliphatic hydroxyl groups excluding tert-OH is 1. The normalized spacial score (nSPS) is 38.9. The first kappa shape index (κ1) is 8.51. The van der Waals surface area contributed by atoms with E-state index < -0.39 is 6.10 Å². The third-order valence-corrected chi connectivity index (χ3v) is 2.44. The van der Waals surface area contributed by atoms with Gasteiger partial charge in [0.1, 0.15) is 0 Å². The SMILES string of the molecule is CCC1C(O)C(C#N)CN1C. The molecule has 62 valence electrons. The van der Waals surface area contributed by atoms with Gasteiger partial charge in [-0.15, -0.1) is 0 Å². The lowest BCUT2D eigenvalue weighted by Crippen LogP contribution is -2.31. The van der Waals surface area contributed by atoms with Crippen molar-refractivity contribution in [2.45, 2.75) is 25.5 Å². The van der Waals surface area contributed by atoms with E-state index in [1.807, 2.05) is 14.0 Å². The van der Waals surface area contributed by atoms with Gasteiger partial charge in [-0.25, -0.2) is 0 Å². The van der Waals surface area contributed by atoms with Crippen molar-refractivity contribution in [1.29, 1.82) is 5.26 Å². The summed E-state index contributed by atoms with van der Waals surface area (Å²) in [7, 11) is 1.95. The Kier molecular flexibility index (Phi) is 2.48. The standard InChI is InChI=1S/C8H14N2O/c1-3-7-8(11)6(4-9)5-10(7)2/h6-8,11H,3,5H2,1-2H3. The van der Waals surface area contributed by atoms with E-state index in [1.165, 1.54) is 0 Å². The van der Waals surface area contributed by atoms with Crippen LogP contribution in [0.2, 0.25) is 0 Å². The van der Waals surface area contributed by atoms with Gasteiger partial charge in [0.05, 0.1) is 18.1 Å². The van der Waals surface area contributed by atoms with E-state index in [1.54, 1.807) is 0 Å². The van der Waals surface area contributed by atoms with E-state index in [4.69, 9.17) is 5.26 Å². The highest BCUT2D eigenvalue weighted by Gasteiger charge is 2.37. The molecule has 1 heterocycles. The molecular formula is C8H14N2O. The average molecular weight is 154 g/mol. The molecule has 0 aromatic rings.